The molecule has 1 fully saturated rings. The molecule has 0 aliphatic carbocycles. The lowest BCUT2D eigenvalue weighted by atomic mass is 9.96. The zero-order valence-electron chi connectivity index (χ0n) is 21.3. The zero-order chi connectivity index (χ0) is 26.2. The number of benzene rings is 3. The van der Waals surface area contributed by atoms with Gasteiger partial charge in [0.2, 0.25) is 0 Å². The molecule has 0 amide bonds. The number of carbonyl (C=O) groups excluding carboxylic acids is 1. The maximum absolute atomic E-state index is 12.4. The third kappa shape index (κ3) is 6.07. The third-order valence-electron chi connectivity index (χ3n) is 6.54. The molecule has 7 heteroatoms. The molecule has 5 rings (SSSR count). The van der Waals surface area contributed by atoms with E-state index in [1.54, 1.807) is 31.5 Å². The Labute approximate surface area is 223 Å². The highest BCUT2D eigenvalue weighted by molar-refractivity contribution is 5.91. The van der Waals surface area contributed by atoms with Crippen molar-refractivity contribution in [3.8, 4) is 11.5 Å². The van der Waals surface area contributed by atoms with E-state index >= 15 is 0 Å². The summed E-state index contributed by atoms with van der Waals surface area (Å²) in [5.41, 5.74) is 3.83. The second kappa shape index (κ2) is 12.2. The maximum Gasteiger partial charge on any atom is 0.345 e. The van der Waals surface area contributed by atoms with Gasteiger partial charge in [-0.1, -0.05) is 60.7 Å². The van der Waals surface area contributed by atoms with Crippen molar-refractivity contribution < 1.29 is 14.3 Å². The van der Waals surface area contributed by atoms with Gasteiger partial charge in [0.05, 0.1) is 24.9 Å². The average molecular weight is 507 g/mol. The molecule has 1 aromatic heterocycles. The standard InChI is InChI=1S/C31H30N4O3/c1-37-29-21-24(14-15-28(29)38-31(36)27-13-8-16-32-23-27)22-33-35-19-17-34(18-20-35)30(25-9-4-2-5-10-25)26-11-6-3-7-12-26/h2-16,21-23,30H,17-20H2,1H3. The van der Waals surface area contributed by atoms with Crippen molar-refractivity contribution in [1.29, 1.82) is 0 Å². The van der Waals surface area contributed by atoms with Gasteiger partial charge in [0.25, 0.3) is 0 Å². The molecule has 2 heterocycles. The van der Waals surface area contributed by atoms with Crippen molar-refractivity contribution in [3.63, 3.8) is 0 Å². The summed E-state index contributed by atoms with van der Waals surface area (Å²) in [5.74, 6) is 0.324. The fourth-order valence-electron chi connectivity index (χ4n) is 4.61. The fourth-order valence-corrected chi connectivity index (χ4v) is 4.61. The number of nitrogens with zero attached hydrogens (tertiary/aromatic N) is 4. The van der Waals surface area contributed by atoms with Crippen molar-refractivity contribution in [2.45, 2.75) is 6.04 Å². The second-order valence-electron chi connectivity index (χ2n) is 9.00. The highest BCUT2D eigenvalue weighted by Crippen LogP contribution is 2.30. The lowest BCUT2D eigenvalue weighted by molar-refractivity contribution is 0.0729. The topological polar surface area (TPSA) is 67.3 Å². The lowest BCUT2D eigenvalue weighted by Gasteiger charge is -2.38. The van der Waals surface area contributed by atoms with Crippen LogP contribution in [0.15, 0.2) is 108 Å². The summed E-state index contributed by atoms with van der Waals surface area (Å²) in [6, 6.07) is 30.3. The second-order valence-corrected chi connectivity index (χ2v) is 9.00. The molecular weight excluding hydrogens is 476 g/mol. The first-order valence-electron chi connectivity index (χ1n) is 12.6. The van der Waals surface area contributed by atoms with Crippen LogP contribution in [-0.4, -0.2) is 60.4 Å². The Morgan fingerprint density at radius 3 is 2.16 bits per heavy atom. The van der Waals surface area contributed by atoms with Gasteiger partial charge in [-0.05, 0) is 47.0 Å². The van der Waals surface area contributed by atoms with Gasteiger partial charge in [-0.3, -0.25) is 14.9 Å². The Balaban J connectivity index is 1.23. The molecule has 0 spiro atoms. The molecule has 3 aromatic carbocycles. The molecule has 0 saturated carbocycles. The SMILES string of the molecule is COc1cc(C=NN2CCN(C(c3ccccc3)c3ccccc3)CC2)ccc1OC(=O)c1cccnc1. The number of esters is 1. The number of rotatable bonds is 8. The average Bonchev–Trinajstić information content (AvgIpc) is 2.99. The Kier molecular flexibility index (Phi) is 8.06. The molecule has 0 radical (unpaired) electrons. The largest absolute Gasteiger partial charge is 0.493 e. The van der Waals surface area contributed by atoms with E-state index in [-0.39, 0.29) is 6.04 Å². The lowest BCUT2D eigenvalue weighted by Crippen LogP contribution is -2.45. The van der Waals surface area contributed by atoms with Gasteiger partial charge in [-0.2, -0.15) is 5.10 Å². The number of hydrazone groups is 1. The number of ether oxygens (including phenoxy) is 2. The number of pyridine rings is 1. The molecule has 192 valence electrons. The summed E-state index contributed by atoms with van der Waals surface area (Å²) < 4.78 is 11.0. The quantitative estimate of drug-likeness (QED) is 0.189. The minimum Gasteiger partial charge on any atom is -0.493 e. The molecule has 1 aliphatic heterocycles. The molecule has 38 heavy (non-hydrogen) atoms. The van der Waals surface area contributed by atoms with Crippen molar-refractivity contribution in [1.82, 2.24) is 14.9 Å². The Morgan fingerprint density at radius 1 is 0.868 bits per heavy atom. The van der Waals surface area contributed by atoms with Crippen LogP contribution >= 0.6 is 0 Å². The monoisotopic (exact) mass is 506 g/mol. The van der Waals surface area contributed by atoms with Gasteiger partial charge in [-0.25, -0.2) is 4.79 Å². The normalized spacial score (nSPS) is 14.1. The van der Waals surface area contributed by atoms with E-state index in [1.165, 1.54) is 17.3 Å². The van der Waals surface area contributed by atoms with Gasteiger partial charge in [0.1, 0.15) is 0 Å². The van der Waals surface area contributed by atoms with Crippen molar-refractivity contribution in [2.75, 3.05) is 33.3 Å². The molecule has 1 saturated heterocycles. The zero-order valence-corrected chi connectivity index (χ0v) is 21.3. The minimum absolute atomic E-state index is 0.217. The number of methoxy groups -OCH3 is 1. The van der Waals surface area contributed by atoms with Crippen LogP contribution in [0.1, 0.15) is 33.1 Å². The van der Waals surface area contributed by atoms with Crippen LogP contribution in [0.4, 0.5) is 0 Å². The van der Waals surface area contributed by atoms with E-state index in [2.05, 4.69) is 75.6 Å². The first-order chi connectivity index (χ1) is 18.7. The molecule has 1 aliphatic rings. The smallest absolute Gasteiger partial charge is 0.345 e. The van der Waals surface area contributed by atoms with Crippen molar-refractivity contribution >= 4 is 12.2 Å². The van der Waals surface area contributed by atoms with Crippen LogP contribution in [-0.2, 0) is 0 Å². The summed E-state index contributed by atoms with van der Waals surface area (Å²) in [4.78, 5) is 18.9. The van der Waals surface area contributed by atoms with Gasteiger partial charge >= 0.3 is 5.97 Å². The summed E-state index contributed by atoms with van der Waals surface area (Å²) in [6.45, 7) is 3.45. The van der Waals surface area contributed by atoms with E-state index in [0.29, 0.717) is 17.1 Å². The predicted molar refractivity (Wildman–Crippen MR) is 148 cm³/mol. The minimum atomic E-state index is -0.486. The predicted octanol–water partition coefficient (Wildman–Crippen LogP) is 5.05. The number of hydrogen-bond donors (Lipinski definition) is 0. The van der Waals surface area contributed by atoms with Gasteiger partial charge < -0.3 is 9.47 Å². The molecule has 0 atom stereocenters. The molecule has 0 bridgehead atoms. The van der Waals surface area contributed by atoms with Crippen molar-refractivity contribution in [2.24, 2.45) is 5.10 Å². The van der Waals surface area contributed by atoms with Crippen molar-refractivity contribution in [3.05, 3.63) is 126 Å². The summed E-state index contributed by atoms with van der Waals surface area (Å²) in [5, 5.41) is 6.81. The first kappa shape index (κ1) is 25.2. The Hall–Kier alpha value is -4.49. The summed E-state index contributed by atoms with van der Waals surface area (Å²) in [7, 11) is 1.55. The number of aromatic nitrogens is 1. The van der Waals surface area contributed by atoms with Crippen LogP contribution in [0.5, 0.6) is 11.5 Å². The summed E-state index contributed by atoms with van der Waals surface area (Å²) in [6.07, 6.45) is 4.89. The highest BCUT2D eigenvalue weighted by Gasteiger charge is 2.25. The Bertz CT molecular complexity index is 1320. The van der Waals surface area contributed by atoms with E-state index in [9.17, 15) is 4.79 Å². The fraction of sp³-hybridized carbons (Fsp3) is 0.194. The third-order valence-corrected chi connectivity index (χ3v) is 6.54. The molecule has 4 aromatic rings. The number of piperazine rings is 1. The van der Waals surface area contributed by atoms with E-state index < -0.39 is 5.97 Å². The van der Waals surface area contributed by atoms with Gasteiger partial charge in [0, 0.05) is 38.6 Å². The van der Waals surface area contributed by atoms with Crippen LogP contribution in [0.3, 0.4) is 0 Å². The van der Waals surface area contributed by atoms with Crippen LogP contribution in [0, 0.1) is 0 Å². The molecule has 7 nitrogen and oxygen atoms in total. The van der Waals surface area contributed by atoms with Crippen LogP contribution in [0.25, 0.3) is 0 Å². The highest BCUT2D eigenvalue weighted by atomic mass is 16.6. The van der Waals surface area contributed by atoms with E-state index in [0.717, 1.165) is 31.7 Å². The van der Waals surface area contributed by atoms with Crippen LogP contribution in [0.2, 0.25) is 0 Å². The number of hydrogen-bond acceptors (Lipinski definition) is 7. The Morgan fingerprint density at radius 2 is 1.55 bits per heavy atom. The maximum atomic E-state index is 12.4. The van der Waals surface area contributed by atoms with E-state index in [4.69, 9.17) is 14.6 Å². The first-order valence-corrected chi connectivity index (χ1v) is 12.6. The summed E-state index contributed by atoms with van der Waals surface area (Å²) >= 11 is 0. The number of carbonyl (C=O) groups is 1. The van der Waals surface area contributed by atoms with Gasteiger partial charge in [0.15, 0.2) is 11.5 Å². The molecule has 0 unspecified atom stereocenters. The molecule has 0 N–H and O–H groups in total. The van der Waals surface area contributed by atoms with Crippen LogP contribution < -0.4 is 9.47 Å². The van der Waals surface area contributed by atoms with E-state index in [1.807, 2.05) is 18.3 Å². The molecular formula is C31H30N4O3. The van der Waals surface area contributed by atoms with Gasteiger partial charge in [-0.15, -0.1) is 0 Å².